The van der Waals surface area contributed by atoms with Crippen LogP contribution in [0.15, 0.2) is 218 Å². The van der Waals surface area contributed by atoms with Crippen molar-refractivity contribution in [1.29, 1.82) is 0 Å². The van der Waals surface area contributed by atoms with E-state index in [1.165, 1.54) is 149 Å². The summed E-state index contributed by atoms with van der Waals surface area (Å²) in [4.78, 5) is 6.75. The molecule has 4 heteroatoms. The van der Waals surface area contributed by atoms with Crippen LogP contribution >= 0.6 is 11.3 Å². The van der Waals surface area contributed by atoms with Gasteiger partial charge in [0.15, 0.2) is 0 Å². The van der Waals surface area contributed by atoms with Crippen LogP contribution in [0.2, 0.25) is 0 Å². The number of para-hydroxylation sites is 1. The molecule has 0 radical (unpaired) electrons. The third-order valence-corrected chi connectivity index (χ3v) is 20.4. The van der Waals surface area contributed by atoms with E-state index in [2.05, 4.69) is 288 Å². The SMILES string of the molecule is Cc1cc2c3c(c1)N(c1ccc(C(C)(C)C)cc1)c1c(sc4c1-c1ccc(C(C)(C)C)cc1C41c4ccccc4-c4ccccc41)B3c1cc3c(cc1N2c1ccccc1)C1(c2ccccc2-c2ccccc21)c1ccccc1-3. The second kappa shape index (κ2) is 15.4. The van der Waals surface area contributed by atoms with Crippen molar-refractivity contribution in [3.05, 3.63) is 279 Å². The zero-order valence-corrected chi connectivity index (χ0v) is 46.5. The molecule has 0 amide bonds. The van der Waals surface area contributed by atoms with Gasteiger partial charge < -0.3 is 9.80 Å². The van der Waals surface area contributed by atoms with Gasteiger partial charge in [0.2, 0.25) is 0 Å². The van der Waals surface area contributed by atoms with Gasteiger partial charge in [0.05, 0.1) is 16.5 Å². The molecule has 79 heavy (non-hydrogen) atoms. The Labute approximate surface area is 468 Å². The third kappa shape index (κ3) is 5.63. The number of hydrogen-bond acceptors (Lipinski definition) is 3. The minimum Gasteiger partial charge on any atom is -0.311 e. The second-order valence-electron chi connectivity index (χ2n) is 25.2. The highest BCUT2D eigenvalue weighted by molar-refractivity contribution is 7.30. The van der Waals surface area contributed by atoms with Gasteiger partial charge in [-0.3, -0.25) is 0 Å². The number of benzene rings is 10. The lowest BCUT2D eigenvalue weighted by Crippen LogP contribution is -2.60. The smallest absolute Gasteiger partial charge is 0.264 e. The van der Waals surface area contributed by atoms with Gasteiger partial charge in [0.25, 0.3) is 6.71 Å². The molecule has 2 nitrogen and oxygen atoms in total. The summed E-state index contributed by atoms with van der Waals surface area (Å²) in [6, 6.07) is 85.0. The van der Waals surface area contributed by atoms with Crippen molar-refractivity contribution < 1.29 is 0 Å². The highest BCUT2D eigenvalue weighted by Gasteiger charge is 2.58. The quantitative estimate of drug-likeness (QED) is 0.159. The van der Waals surface area contributed by atoms with Gasteiger partial charge >= 0.3 is 0 Å². The fraction of sp³-hybridized carbons (Fsp3) is 0.147. The standard InChI is InChI=1S/C75H57BN2S/c1-44-39-65-68-66(40-44)78(48-36-33-45(34-37-48)72(2,3)4)69-67-54-38-35-46(73(5,6)7)41-61(54)75(59-31-19-13-25-51(59)52-26-14-20-32-60(52)75)70(67)79-71(69)76(68)63-42-55-53-27-15-18-30-58(53)74(62(55)43-64(63)77(65)47-21-9-8-10-22-47)56-28-16-11-23-49(56)50-24-12-17-29-57(50)74/h8-43H,1-7H3. The topological polar surface area (TPSA) is 6.48 Å². The Kier molecular flexibility index (Phi) is 8.90. The Morgan fingerprint density at radius 3 is 1.38 bits per heavy atom. The van der Waals surface area contributed by atoms with E-state index in [1.807, 2.05) is 0 Å². The van der Waals surface area contributed by atoms with Crippen LogP contribution in [-0.2, 0) is 21.7 Å². The second-order valence-corrected chi connectivity index (χ2v) is 26.2. The molecule has 2 spiro atoms. The zero-order chi connectivity index (χ0) is 53.1. The van der Waals surface area contributed by atoms with Crippen LogP contribution in [0, 0.1) is 6.92 Å². The summed E-state index contributed by atoms with van der Waals surface area (Å²) >= 11 is 2.09. The number of anilines is 6. The first-order chi connectivity index (χ1) is 38.4. The lowest BCUT2D eigenvalue weighted by molar-refractivity contribution is 0.588. The van der Waals surface area contributed by atoms with Crippen molar-refractivity contribution in [2.75, 3.05) is 9.80 Å². The van der Waals surface area contributed by atoms with E-state index in [-0.39, 0.29) is 17.5 Å². The first kappa shape index (κ1) is 45.6. The normalized spacial score (nSPS) is 15.4. The molecular formula is C75H57BN2S. The van der Waals surface area contributed by atoms with Gasteiger partial charge in [-0.1, -0.05) is 217 Å². The Morgan fingerprint density at radius 1 is 0.380 bits per heavy atom. The summed E-state index contributed by atoms with van der Waals surface area (Å²) in [6.45, 7) is 16.3. The maximum Gasteiger partial charge on any atom is 0.264 e. The molecule has 17 rings (SSSR count). The molecule has 0 bridgehead atoms. The van der Waals surface area contributed by atoms with Crippen molar-refractivity contribution >= 4 is 67.9 Å². The largest absolute Gasteiger partial charge is 0.311 e. The van der Waals surface area contributed by atoms with Crippen LogP contribution in [0.25, 0.3) is 44.5 Å². The number of hydrogen-bond donors (Lipinski definition) is 0. The van der Waals surface area contributed by atoms with Gasteiger partial charge in [-0.2, -0.15) is 0 Å². The number of aryl methyl sites for hydroxylation is 1. The van der Waals surface area contributed by atoms with E-state index in [1.54, 1.807) is 0 Å². The predicted octanol–water partition coefficient (Wildman–Crippen LogP) is 17.4. The Morgan fingerprint density at radius 2 is 0.835 bits per heavy atom. The minimum absolute atomic E-state index is 0.00214. The molecular weight excluding hydrogens is 972 g/mol. The van der Waals surface area contributed by atoms with E-state index < -0.39 is 10.8 Å². The summed E-state index contributed by atoms with van der Waals surface area (Å²) < 4.78 is 1.40. The van der Waals surface area contributed by atoms with Gasteiger partial charge in [-0.15, -0.1) is 11.3 Å². The molecule has 10 aromatic carbocycles. The summed E-state index contributed by atoms with van der Waals surface area (Å²) in [6.07, 6.45) is 0. The summed E-state index contributed by atoms with van der Waals surface area (Å²) in [5, 5.41) is 0. The molecule has 0 unspecified atom stereocenters. The fourth-order valence-corrected chi connectivity index (χ4v) is 17.4. The third-order valence-electron chi connectivity index (χ3n) is 19.0. The minimum atomic E-state index is -0.520. The van der Waals surface area contributed by atoms with Gasteiger partial charge in [-0.05, 0) is 166 Å². The maximum absolute atomic E-state index is 2.70. The molecule has 0 N–H and O–H groups in total. The van der Waals surface area contributed by atoms with Crippen molar-refractivity contribution in [1.82, 2.24) is 0 Å². The fourth-order valence-electron chi connectivity index (χ4n) is 15.7. The van der Waals surface area contributed by atoms with E-state index in [4.69, 9.17) is 0 Å². The van der Waals surface area contributed by atoms with Crippen LogP contribution in [0.5, 0.6) is 0 Å². The molecule has 376 valence electrons. The molecule has 6 aliphatic rings. The Hall–Kier alpha value is -8.44. The van der Waals surface area contributed by atoms with Crippen molar-refractivity contribution in [3.63, 3.8) is 0 Å². The molecule has 3 heterocycles. The Bertz CT molecular complexity index is 4400. The van der Waals surface area contributed by atoms with Gasteiger partial charge in [-0.25, -0.2) is 0 Å². The van der Waals surface area contributed by atoms with Crippen LogP contribution in [0.1, 0.15) is 102 Å². The maximum atomic E-state index is 2.70. The molecule has 0 saturated carbocycles. The highest BCUT2D eigenvalue weighted by atomic mass is 32.1. The predicted molar refractivity (Wildman–Crippen MR) is 333 cm³/mol. The van der Waals surface area contributed by atoms with Crippen LogP contribution in [0.4, 0.5) is 34.1 Å². The highest BCUT2D eigenvalue weighted by Crippen LogP contribution is 2.68. The number of fused-ring (bicyclic) bond motifs is 25. The van der Waals surface area contributed by atoms with Crippen molar-refractivity contribution in [2.45, 2.75) is 70.1 Å². The van der Waals surface area contributed by atoms with Gasteiger partial charge in [0.1, 0.15) is 0 Å². The van der Waals surface area contributed by atoms with E-state index >= 15 is 0 Å². The zero-order valence-electron chi connectivity index (χ0n) is 45.7. The summed E-state index contributed by atoms with van der Waals surface area (Å²) in [5.41, 5.74) is 33.2. The summed E-state index contributed by atoms with van der Waals surface area (Å²) in [7, 11) is 0. The van der Waals surface area contributed by atoms with Crippen LogP contribution in [0.3, 0.4) is 0 Å². The molecule has 4 aliphatic carbocycles. The first-order valence-corrected chi connectivity index (χ1v) is 29.1. The van der Waals surface area contributed by atoms with Crippen molar-refractivity contribution in [3.8, 4) is 44.5 Å². The molecule has 0 atom stereocenters. The molecule has 0 saturated heterocycles. The summed E-state index contributed by atoms with van der Waals surface area (Å²) in [5.74, 6) is 0. The average Bonchev–Trinajstić information content (AvgIpc) is 2.16. The van der Waals surface area contributed by atoms with E-state index in [9.17, 15) is 0 Å². The lowest BCUT2D eigenvalue weighted by atomic mass is 9.36. The first-order valence-electron chi connectivity index (χ1n) is 28.3. The molecule has 11 aromatic rings. The molecule has 2 aliphatic heterocycles. The van der Waals surface area contributed by atoms with Gasteiger partial charge in [0, 0.05) is 43.7 Å². The van der Waals surface area contributed by atoms with Crippen LogP contribution in [-0.4, -0.2) is 6.71 Å². The molecule has 0 fully saturated rings. The van der Waals surface area contributed by atoms with E-state index in [0.717, 1.165) is 5.69 Å². The lowest BCUT2D eigenvalue weighted by Gasteiger charge is -2.44. The average molecular weight is 1030 g/mol. The Balaban J connectivity index is 1.03. The molecule has 1 aromatic heterocycles. The van der Waals surface area contributed by atoms with Crippen molar-refractivity contribution in [2.24, 2.45) is 0 Å². The number of rotatable bonds is 2. The monoisotopic (exact) mass is 1030 g/mol. The van der Waals surface area contributed by atoms with Crippen LogP contribution < -0.4 is 25.5 Å². The number of thiophene rings is 1. The number of nitrogens with zero attached hydrogens (tertiary/aromatic N) is 2. The van der Waals surface area contributed by atoms with E-state index in [0.29, 0.717) is 0 Å².